The molecule has 0 aromatic carbocycles. The Morgan fingerprint density at radius 1 is 1.62 bits per heavy atom. The number of imide groups is 1. The van der Waals surface area contributed by atoms with Crippen LogP contribution in [0.15, 0.2) is 12.4 Å². The fraction of sp³-hybridized carbons (Fsp3) is 0.500. The average Bonchev–Trinajstić information content (AvgIpc) is 2.85. The van der Waals surface area contributed by atoms with E-state index in [0.29, 0.717) is 0 Å². The van der Waals surface area contributed by atoms with Gasteiger partial charge in [-0.15, -0.1) is 0 Å². The van der Waals surface area contributed by atoms with Crippen molar-refractivity contribution in [2.45, 2.75) is 25.4 Å². The van der Waals surface area contributed by atoms with Gasteiger partial charge in [0.1, 0.15) is 5.82 Å². The van der Waals surface area contributed by atoms with Crippen LogP contribution >= 0.6 is 0 Å². The molecular formula is C10H14N4O2. The zero-order valence-electron chi connectivity index (χ0n) is 9.23. The molecule has 1 saturated heterocycles. The summed E-state index contributed by atoms with van der Waals surface area (Å²) < 4.78 is 0. The second-order valence-electron chi connectivity index (χ2n) is 3.91. The average molecular weight is 222 g/mol. The topological polar surface area (TPSA) is 78.1 Å². The first-order valence-electron chi connectivity index (χ1n) is 5.15. The first-order chi connectivity index (χ1) is 7.59. The summed E-state index contributed by atoms with van der Waals surface area (Å²) in [7, 11) is 1.50. The number of carbonyl (C=O) groups is 2. The molecule has 1 fully saturated rings. The summed E-state index contributed by atoms with van der Waals surface area (Å²) in [6.07, 6.45) is 3.60. The molecule has 6 heteroatoms. The number of hydrogen-bond acceptors (Lipinski definition) is 4. The number of rotatable bonds is 3. The number of aromatic nitrogens is 2. The number of imidazole rings is 1. The van der Waals surface area contributed by atoms with Crippen LogP contribution in [0.25, 0.3) is 0 Å². The van der Waals surface area contributed by atoms with Crippen LogP contribution in [0, 0.1) is 0 Å². The third-order valence-corrected chi connectivity index (χ3v) is 2.76. The summed E-state index contributed by atoms with van der Waals surface area (Å²) in [6, 6.07) is -0.513. The van der Waals surface area contributed by atoms with Gasteiger partial charge in [0, 0.05) is 19.4 Å². The molecule has 2 heterocycles. The van der Waals surface area contributed by atoms with Gasteiger partial charge in [0.05, 0.1) is 18.5 Å². The molecule has 0 aliphatic carbocycles. The third-order valence-electron chi connectivity index (χ3n) is 2.76. The monoisotopic (exact) mass is 222 g/mol. The number of H-pyrrole nitrogens is 1. The molecule has 0 radical (unpaired) electrons. The zero-order valence-corrected chi connectivity index (χ0v) is 9.23. The highest BCUT2D eigenvalue weighted by Gasteiger charge is 2.36. The molecule has 1 aliphatic rings. The Morgan fingerprint density at radius 3 is 2.88 bits per heavy atom. The number of amides is 2. The number of carbonyl (C=O) groups excluding carboxylic acids is 2. The first kappa shape index (κ1) is 10.8. The van der Waals surface area contributed by atoms with Gasteiger partial charge in [0.15, 0.2) is 0 Å². The highest BCUT2D eigenvalue weighted by molar-refractivity contribution is 6.05. The molecule has 1 aromatic rings. The quantitative estimate of drug-likeness (QED) is 0.695. The van der Waals surface area contributed by atoms with E-state index in [2.05, 4.69) is 15.3 Å². The Balaban J connectivity index is 2.01. The maximum Gasteiger partial charge on any atom is 0.246 e. The molecule has 1 aliphatic heterocycles. The van der Waals surface area contributed by atoms with Crippen molar-refractivity contribution in [1.29, 1.82) is 0 Å². The molecule has 2 amide bonds. The number of nitrogens with zero attached hydrogens (tertiary/aromatic N) is 2. The van der Waals surface area contributed by atoms with Crippen molar-refractivity contribution in [3.63, 3.8) is 0 Å². The van der Waals surface area contributed by atoms with Gasteiger partial charge in [0.25, 0.3) is 0 Å². The van der Waals surface area contributed by atoms with Crippen LogP contribution in [0.4, 0.5) is 0 Å². The summed E-state index contributed by atoms with van der Waals surface area (Å²) in [5, 5.41) is 3.09. The normalized spacial score (nSPS) is 22.9. The van der Waals surface area contributed by atoms with E-state index in [4.69, 9.17) is 0 Å². The molecule has 1 aromatic heterocycles. The summed E-state index contributed by atoms with van der Waals surface area (Å²) in [5.41, 5.74) is 0. The molecule has 86 valence electrons. The number of likely N-dealkylation sites (N-methyl/N-ethyl adjacent to an activating group) is 1. The van der Waals surface area contributed by atoms with Crippen LogP contribution in [-0.4, -0.2) is 39.8 Å². The van der Waals surface area contributed by atoms with Gasteiger partial charge in [-0.25, -0.2) is 4.98 Å². The van der Waals surface area contributed by atoms with Crippen LogP contribution in [0.3, 0.4) is 0 Å². The molecule has 2 unspecified atom stereocenters. The molecule has 6 nitrogen and oxygen atoms in total. The van der Waals surface area contributed by atoms with Crippen LogP contribution < -0.4 is 5.32 Å². The summed E-state index contributed by atoms with van der Waals surface area (Å²) >= 11 is 0. The van der Waals surface area contributed by atoms with Gasteiger partial charge in [-0.1, -0.05) is 0 Å². The maximum atomic E-state index is 11.6. The maximum absolute atomic E-state index is 11.6. The van der Waals surface area contributed by atoms with E-state index in [1.807, 2.05) is 6.92 Å². The first-order valence-corrected chi connectivity index (χ1v) is 5.15. The fourth-order valence-electron chi connectivity index (χ4n) is 1.78. The Labute approximate surface area is 93.0 Å². The van der Waals surface area contributed by atoms with Gasteiger partial charge in [-0.3, -0.25) is 19.8 Å². The van der Waals surface area contributed by atoms with Gasteiger partial charge in [-0.2, -0.15) is 0 Å². The standard InChI is InChI=1S/C10H14N4O2/c1-6(9-11-3-4-12-9)13-7-5-8(15)14(2)10(7)16/h3-4,6-7,13H,5H2,1-2H3,(H,11,12). The van der Waals surface area contributed by atoms with E-state index >= 15 is 0 Å². The highest BCUT2D eigenvalue weighted by Crippen LogP contribution is 2.15. The minimum absolute atomic E-state index is 0.0803. The number of nitrogens with one attached hydrogen (secondary N) is 2. The Bertz CT molecular complexity index is 401. The zero-order chi connectivity index (χ0) is 11.7. The van der Waals surface area contributed by atoms with Crippen molar-refractivity contribution in [1.82, 2.24) is 20.2 Å². The smallest absolute Gasteiger partial charge is 0.246 e. The molecule has 2 rings (SSSR count). The van der Waals surface area contributed by atoms with Gasteiger partial charge < -0.3 is 4.98 Å². The van der Waals surface area contributed by atoms with Crippen molar-refractivity contribution in [2.75, 3.05) is 7.05 Å². The Hall–Kier alpha value is -1.69. The molecule has 2 N–H and O–H groups in total. The predicted molar refractivity (Wildman–Crippen MR) is 56.3 cm³/mol. The lowest BCUT2D eigenvalue weighted by atomic mass is 10.2. The van der Waals surface area contributed by atoms with Crippen molar-refractivity contribution in [3.05, 3.63) is 18.2 Å². The highest BCUT2D eigenvalue weighted by atomic mass is 16.2. The third kappa shape index (κ3) is 1.83. The molecule has 0 saturated carbocycles. The molecular weight excluding hydrogens is 208 g/mol. The second kappa shape index (κ2) is 4.05. The number of likely N-dealkylation sites (tertiary alicyclic amines) is 1. The lowest BCUT2D eigenvalue weighted by Crippen LogP contribution is -2.38. The second-order valence-corrected chi connectivity index (χ2v) is 3.91. The summed E-state index contributed by atoms with van der Waals surface area (Å²) in [4.78, 5) is 31.2. The van der Waals surface area contributed by atoms with E-state index in [1.54, 1.807) is 12.4 Å². The minimum Gasteiger partial charge on any atom is -0.347 e. The minimum atomic E-state index is -0.433. The number of hydrogen-bond donors (Lipinski definition) is 2. The van der Waals surface area contributed by atoms with Crippen molar-refractivity contribution < 1.29 is 9.59 Å². The Kier molecular flexibility index (Phi) is 2.74. The van der Waals surface area contributed by atoms with Crippen molar-refractivity contribution in [2.24, 2.45) is 0 Å². The predicted octanol–water partition coefficient (Wildman–Crippen LogP) is -0.182. The SMILES string of the molecule is CC(NC1CC(=O)N(C)C1=O)c1ncc[nH]1. The summed E-state index contributed by atoms with van der Waals surface area (Å²) in [6.45, 7) is 1.90. The number of aromatic amines is 1. The van der Waals surface area contributed by atoms with Crippen LogP contribution in [0.1, 0.15) is 25.2 Å². The van der Waals surface area contributed by atoms with Gasteiger partial charge in [0.2, 0.25) is 11.8 Å². The van der Waals surface area contributed by atoms with Crippen LogP contribution in [0.5, 0.6) is 0 Å². The lowest BCUT2D eigenvalue weighted by Gasteiger charge is -2.15. The van der Waals surface area contributed by atoms with Crippen molar-refractivity contribution >= 4 is 11.8 Å². The van der Waals surface area contributed by atoms with Gasteiger partial charge >= 0.3 is 0 Å². The fourth-order valence-corrected chi connectivity index (χ4v) is 1.78. The van der Waals surface area contributed by atoms with E-state index in [1.165, 1.54) is 7.05 Å². The van der Waals surface area contributed by atoms with Crippen LogP contribution in [-0.2, 0) is 9.59 Å². The van der Waals surface area contributed by atoms with E-state index < -0.39 is 6.04 Å². The molecule has 0 spiro atoms. The molecule has 2 atom stereocenters. The van der Waals surface area contributed by atoms with Gasteiger partial charge in [-0.05, 0) is 6.92 Å². The van der Waals surface area contributed by atoms with Crippen LogP contribution in [0.2, 0.25) is 0 Å². The largest absolute Gasteiger partial charge is 0.347 e. The molecule has 0 bridgehead atoms. The van der Waals surface area contributed by atoms with E-state index in [-0.39, 0.29) is 24.3 Å². The van der Waals surface area contributed by atoms with E-state index in [9.17, 15) is 9.59 Å². The Morgan fingerprint density at radius 2 is 2.38 bits per heavy atom. The summed E-state index contributed by atoms with van der Waals surface area (Å²) in [5.74, 6) is 0.437. The lowest BCUT2D eigenvalue weighted by molar-refractivity contribution is -0.137. The van der Waals surface area contributed by atoms with Crippen molar-refractivity contribution in [3.8, 4) is 0 Å². The molecule has 16 heavy (non-hydrogen) atoms. The van der Waals surface area contributed by atoms with E-state index in [0.717, 1.165) is 10.7 Å².